The van der Waals surface area contributed by atoms with Gasteiger partial charge in [-0.25, -0.2) is 8.78 Å². The molecule has 0 bridgehead atoms. The first kappa shape index (κ1) is 9.12. The molecule has 0 spiro atoms. The first-order valence-electron chi connectivity index (χ1n) is 4.05. The fourth-order valence-electron chi connectivity index (χ4n) is 1.30. The smallest absolute Gasteiger partial charge is 0.300 e. The predicted molar refractivity (Wildman–Crippen MR) is 45.7 cm³/mol. The fourth-order valence-corrected chi connectivity index (χ4v) is 1.30. The van der Waals surface area contributed by atoms with Crippen LogP contribution in [0.25, 0.3) is 5.83 Å². The maximum Gasteiger partial charge on any atom is 0.300 e. The van der Waals surface area contributed by atoms with E-state index in [0.717, 1.165) is 6.92 Å². The molecule has 0 amide bonds. The number of halogens is 3. The van der Waals surface area contributed by atoms with Crippen molar-refractivity contribution in [1.82, 2.24) is 0 Å². The maximum atomic E-state index is 13.3. The molecule has 1 aliphatic rings. The number of fused-ring (bicyclic) bond motifs is 1. The SMILES string of the molecule is CC1(F)Oc2ccccc2C(F)=C1F. The van der Waals surface area contributed by atoms with Gasteiger partial charge in [0.2, 0.25) is 5.83 Å². The highest BCUT2D eigenvalue weighted by atomic mass is 19.2. The van der Waals surface area contributed by atoms with Gasteiger partial charge in [-0.1, -0.05) is 12.1 Å². The number of ether oxygens (including phenoxy) is 1. The van der Waals surface area contributed by atoms with E-state index in [4.69, 9.17) is 0 Å². The molecule has 0 saturated carbocycles. The lowest BCUT2D eigenvalue weighted by Gasteiger charge is -2.26. The molecule has 4 heteroatoms. The monoisotopic (exact) mass is 200 g/mol. The van der Waals surface area contributed by atoms with Gasteiger partial charge in [0.25, 0.3) is 5.85 Å². The van der Waals surface area contributed by atoms with E-state index in [1.165, 1.54) is 18.2 Å². The van der Waals surface area contributed by atoms with Crippen LogP contribution in [0.4, 0.5) is 13.2 Å². The molecule has 0 radical (unpaired) electrons. The standard InChI is InChI=1S/C10H7F3O/c1-10(13)9(12)8(11)6-4-2-3-5-7(6)14-10/h2-5H,1H3. The zero-order valence-corrected chi connectivity index (χ0v) is 7.35. The summed E-state index contributed by atoms with van der Waals surface area (Å²) in [5.41, 5.74) is -0.0554. The number of hydrogen-bond donors (Lipinski definition) is 0. The summed E-state index contributed by atoms with van der Waals surface area (Å²) >= 11 is 0. The van der Waals surface area contributed by atoms with E-state index in [1.54, 1.807) is 6.07 Å². The molecule has 0 fully saturated rings. The molecule has 0 aromatic heterocycles. The van der Waals surface area contributed by atoms with Crippen LogP contribution in [0, 0.1) is 0 Å². The fraction of sp³-hybridized carbons (Fsp3) is 0.200. The maximum absolute atomic E-state index is 13.3. The summed E-state index contributed by atoms with van der Waals surface area (Å²) < 4.78 is 44.2. The van der Waals surface area contributed by atoms with Crippen LogP contribution in [0.3, 0.4) is 0 Å². The van der Waals surface area contributed by atoms with E-state index in [-0.39, 0.29) is 11.3 Å². The van der Waals surface area contributed by atoms with E-state index in [2.05, 4.69) is 4.74 Å². The molecule has 0 saturated heterocycles. The highest BCUT2D eigenvalue weighted by Gasteiger charge is 2.40. The minimum atomic E-state index is -2.71. The van der Waals surface area contributed by atoms with Crippen LogP contribution in [0.1, 0.15) is 12.5 Å². The van der Waals surface area contributed by atoms with Gasteiger partial charge in [0.1, 0.15) is 5.75 Å². The van der Waals surface area contributed by atoms with Crippen LogP contribution in [-0.4, -0.2) is 5.85 Å². The number of rotatable bonds is 0. The van der Waals surface area contributed by atoms with E-state index in [1.807, 2.05) is 0 Å². The summed E-state index contributed by atoms with van der Waals surface area (Å²) in [6, 6.07) is 5.81. The van der Waals surface area contributed by atoms with Gasteiger partial charge in [-0.3, -0.25) is 0 Å². The second kappa shape index (κ2) is 2.77. The van der Waals surface area contributed by atoms with E-state index >= 15 is 0 Å². The Balaban J connectivity index is 2.64. The lowest BCUT2D eigenvalue weighted by atomic mass is 10.1. The van der Waals surface area contributed by atoms with Gasteiger partial charge in [-0.05, 0) is 12.1 Å². The third-order valence-electron chi connectivity index (χ3n) is 2.01. The minimum Gasteiger partial charge on any atom is -0.451 e. The lowest BCUT2D eigenvalue weighted by molar-refractivity contribution is -0.0315. The molecule has 1 unspecified atom stereocenters. The molecule has 1 aliphatic heterocycles. The Morgan fingerprint density at radius 1 is 1.21 bits per heavy atom. The Kier molecular flexibility index (Phi) is 1.80. The average molecular weight is 200 g/mol. The van der Waals surface area contributed by atoms with Gasteiger partial charge in [0, 0.05) is 6.92 Å². The van der Waals surface area contributed by atoms with Crippen LogP contribution in [0.2, 0.25) is 0 Å². The summed E-state index contributed by atoms with van der Waals surface area (Å²) in [7, 11) is 0. The van der Waals surface area contributed by atoms with Crippen LogP contribution >= 0.6 is 0 Å². The molecule has 1 aromatic rings. The predicted octanol–water partition coefficient (Wildman–Crippen LogP) is 3.37. The summed E-state index contributed by atoms with van der Waals surface area (Å²) in [6.07, 6.45) is 0. The highest BCUT2D eigenvalue weighted by Crippen LogP contribution is 2.42. The molecule has 1 nitrogen and oxygen atoms in total. The van der Waals surface area contributed by atoms with E-state index < -0.39 is 17.5 Å². The third-order valence-corrected chi connectivity index (χ3v) is 2.01. The Labute approximate surface area is 78.8 Å². The topological polar surface area (TPSA) is 9.23 Å². The molecular weight excluding hydrogens is 193 g/mol. The average Bonchev–Trinajstić information content (AvgIpc) is 2.14. The van der Waals surface area contributed by atoms with Gasteiger partial charge < -0.3 is 4.74 Å². The van der Waals surface area contributed by atoms with Crippen molar-refractivity contribution in [3.05, 3.63) is 35.7 Å². The van der Waals surface area contributed by atoms with Gasteiger partial charge in [0.15, 0.2) is 5.83 Å². The molecular formula is C10H7F3O. The third kappa shape index (κ3) is 1.18. The van der Waals surface area contributed by atoms with Crippen LogP contribution in [-0.2, 0) is 0 Å². The molecule has 1 aromatic carbocycles. The highest BCUT2D eigenvalue weighted by molar-refractivity contribution is 5.69. The molecule has 1 atom stereocenters. The van der Waals surface area contributed by atoms with Gasteiger partial charge in [-0.15, -0.1) is 0 Å². The summed E-state index contributed by atoms with van der Waals surface area (Å²) in [5, 5.41) is 0. The zero-order valence-electron chi connectivity index (χ0n) is 7.35. The summed E-state index contributed by atoms with van der Waals surface area (Å²) in [6.45, 7) is 0.831. The van der Waals surface area contributed by atoms with Crippen molar-refractivity contribution in [3.8, 4) is 5.75 Å². The molecule has 0 aliphatic carbocycles. The summed E-state index contributed by atoms with van der Waals surface area (Å²) in [5.74, 6) is -5.41. The number of benzene rings is 1. The molecule has 14 heavy (non-hydrogen) atoms. The normalized spacial score (nSPS) is 25.7. The van der Waals surface area contributed by atoms with Gasteiger partial charge >= 0.3 is 0 Å². The van der Waals surface area contributed by atoms with Gasteiger partial charge in [0.05, 0.1) is 5.56 Å². The van der Waals surface area contributed by atoms with Crippen molar-refractivity contribution in [2.24, 2.45) is 0 Å². The molecule has 74 valence electrons. The van der Waals surface area contributed by atoms with Crippen LogP contribution in [0.5, 0.6) is 5.75 Å². The second-order valence-electron chi connectivity index (χ2n) is 3.14. The number of alkyl halides is 1. The van der Waals surface area contributed by atoms with E-state index in [0.29, 0.717) is 0 Å². The largest absolute Gasteiger partial charge is 0.451 e. The van der Waals surface area contributed by atoms with Crippen LogP contribution < -0.4 is 4.74 Å². The number of para-hydroxylation sites is 1. The van der Waals surface area contributed by atoms with Crippen molar-refractivity contribution >= 4 is 5.83 Å². The molecule has 0 N–H and O–H groups in total. The first-order valence-corrected chi connectivity index (χ1v) is 4.05. The molecule has 1 heterocycles. The zero-order chi connectivity index (χ0) is 10.3. The minimum absolute atomic E-state index is 0.0106. The Morgan fingerprint density at radius 2 is 1.86 bits per heavy atom. The van der Waals surface area contributed by atoms with E-state index in [9.17, 15) is 13.2 Å². The van der Waals surface area contributed by atoms with Crippen molar-refractivity contribution in [2.45, 2.75) is 12.8 Å². The lowest BCUT2D eigenvalue weighted by Crippen LogP contribution is -2.30. The Bertz CT molecular complexity index is 410. The Morgan fingerprint density at radius 3 is 2.57 bits per heavy atom. The number of hydrogen-bond acceptors (Lipinski definition) is 1. The second-order valence-corrected chi connectivity index (χ2v) is 3.14. The van der Waals surface area contributed by atoms with Crippen molar-refractivity contribution < 1.29 is 17.9 Å². The van der Waals surface area contributed by atoms with Gasteiger partial charge in [-0.2, -0.15) is 4.39 Å². The molecule has 2 rings (SSSR count). The van der Waals surface area contributed by atoms with Crippen LogP contribution in [0.15, 0.2) is 30.1 Å². The van der Waals surface area contributed by atoms with Crippen molar-refractivity contribution in [2.75, 3.05) is 0 Å². The Hall–Kier alpha value is -1.45. The summed E-state index contributed by atoms with van der Waals surface area (Å²) in [4.78, 5) is 0. The first-order chi connectivity index (χ1) is 6.52. The van der Waals surface area contributed by atoms with Crippen molar-refractivity contribution in [1.29, 1.82) is 0 Å². The quantitative estimate of drug-likeness (QED) is 0.623. The van der Waals surface area contributed by atoms with Crippen molar-refractivity contribution in [3.63, 3.8) is 0 Å².